The molecule has 0 atom stereocenters. The Morgan fingerprint density at radius 2 is 2.06 bits per heavy atom. The third kappa shape index (κ3) is 1.84. The lowest BCUT2D eigenvalue weighted by atomic mass is 10.2. The van der Waals surface area contributed by atoms with Crippen molar-refractivity contribution in [2.45, 2.75) is 5.33 Å². The minimum absolute atomic E-state index is 0.239. The van der Waals surface area contributed by atoms with Crippen molar-refractivity contribution in [2.24, 2.45) is 7.05 Å². The summed E-state index contributed by atoms with van der Waals surface area (Å²) in [5, 5.41) is 8.27. The fraction of sp³-hybridized carbons (Fsp3) is 0.200. The first-order valence-corrected chi connectivity index (χ1v) is 5.65. The minimum Gasteiger partial charge on any atom is -0.313 e. The maximum atomic E-state index is 13.5. The Bertz CT molecular complexity index is 525. The summed E-state index contributed by atoms with van der Waals surface area (Å²) in [5.41, 5.74) is 0.239. The number of aromatic nitrogens is 3. The van der Waals surface area contributed by atoms with Crippen LogP contribution in [0.3, 0.4) is 0 Å². The monoisotopic (exact) mass is 287 g/mol. The van der Waals surface area contributed by atoms with Crippen molar-refractivity contribution in [3.05, 3.63) is 35.7 Å². The number of alkyl halides is 1. The molecule has 3 nitrogen and oxygen atoms in total. The summed E-state index contributed by atoms with van der Waals surface area (Å²) in [7, 11) is 1.73. The number of benzene rings is 1. The highest BCUT2D eigenvalue weighted by Crippen LogP contribution is 2.22. The number of hydrogen-bond donors (Lipinski definition) is 0. The summed E-state index contributed by atoms with van der Waals surface area (Å²) < 4.78 is 27.9. The molecule has 0 unspecified atom stereocenters. The van der Waals surface area contributed by atoms with Crippen LogP contribution in [0, 0.1) is 11.6 Å². The van der Waals surface area contributed by atoms with Gasteiger partial charge in [-0.2, -0.15) is 0 Å². The second-order valence-corrected chi connectivity index (χ2v) is 3.82. The van der Waals surface area contributed by atoms with Crippen LogP contribution in [0.15, 0.2) is 18.2 Å². The third-order valence-electron chi connectivity index (χ3n) is 2.26. The van der Waals surface area contributed by atoms with Crippen LogP contribution >= 0.6 is 15.9 Å². The molecule has 0 bridgehead atoms. The van der Waals surface area contributed by atoms with Crippen LogP contribution in [-0.4, -0.2) is 14.8 Å². The number of nitrogens with zero attached hydrogens (tertiary/aromatic N) is 3. The molecule has 1 heterocycles. The highest BCUT2D eigenvalue weighted by molar-refractivity contribution is 9.08. The summed E-state index contributed by atoms with van der Waals surface area (Å²) in [6.45, 7) is 0. The summed E-state index contributed by atoms with van der Waals surface area (Å²) >= 11 is 3.25. The molecule has 2 rings (SSSR count). The van der Waals surface area contributed by atoms with E-state index in [0.717, 1.165) is 6.07 Å². The molecule has 84 valence electrons. The first kappa shape index (κ1) is 11.2. The predicted octanol–water partition coefficient (Wildman–Crippen LogP) is 2.66. The Labute approximate surface area is 99.2 Å². The summed E-state index contributed by atoms with van der Waals surface area (Å²) in [6.07, 6.45) is 0. The van der Waals surface area contributed by atoms with Crippen molar-refractivity contribution >= 4 is 15.9 Å². The van der Waals surface area contributed by atoms with Gasteiger partial charge in [0.05, 0.1) is 10.9 Å². The Hall–Kier alpha value is -1.30. The summed E-state index contributed by atoms with van der Waals surface area (Å²) in [6, 6.07) is 3.38. The Kier molecular flexibility index (Phi) is 3.00. The molecule has 6 heteroatoms. The van der Waals surface area contributed by atoms with E-state index in [1.54, 1.807) is 11.6 Å². The van der Waals surface area contributed by atoms with Crippen LogP contribution < -0.4 is 0 Å². The van der Waals surface area contributed by atoms with Gasteiger partial charge >= 0.3 is 0 Å². The molecule has 0 radical (unpaired) electrons. The topological polar surface area (TPSA) is 30.7 Å². The lowest BCUT2D eigenvalue weighted by Gasteiger charge is -2.03. The molecule has 0 aliphatic rings. The van der Waals surface area contributed by atoms with Gasteiger partial charge in [-0.1, -0.05) is 15.9 Å². The van der Waals surface area contributed by atoms with Gasteiger partial charge in [0.1, 0.15) is 17.5 Å². The van der Waals surface area contributed by atoms with Crippen molar-refractivity contribution < 1.29 is 8.78 Å². The fourth-order valence-electron chi connectivity index (χ4n) is 1.38. The largest absolute Gasteiger partial charge is 0.313 e. The second-order valence-electron chi connectivity index (χ2n) is 3.26. The average molecular weight is 288 g/mol. The van der Waals surface area contributed by atoms with E-state index in [1.165, 1.54) is 12.1 Å². The molecule has 0 saturated heterocycles. The van der Waals surface area contributed by atoms with Gasteiger partial charge in [0, 0.05) is 13.1 Å². The van der Waals surface area contributed by atoms with Crippen LogP contribution in [0.4, 0.5) is 8.78 Å². The Morgan fingerprint density at radius 3 is 2.62 bits per heavy atom. The minimum atomic E-state index is -0.642. The normalized spacial score (nSPS) is 10.8. The SMILES string of the molecule is Cn1c(CBr)nnc1-c1ccc(F)cc1F. The van der Waals surface area contributed by atoms with E-state index in [2.05, 4.69) is 26.1 Å². The zero-order valence-corrected chi connectivity index (χ0v) is 10.0. The molecule has 0 spiro atoms. The van der Waals surface area contributed by atoms with E-state index in [0.29, 0.717) is 17.0 Å². The van der Waals surface area contributed by atoms with Crippen molar-refractivity contribution in [2.75, 3.05) is 0 Å². The summed E-state index contributed by atoms with van der Waals surface area (Å²) in [5.74, 6) is -0.188. The van der Waals surface area contributed by atoms with E-state index in [1.807, 2.05) is 0 Å². The van der Waals surface area contributed by atoms with E-state index in [4.69, 9.17) is 0 Å². The number of rotatable bonds is 2. The lowest BCUT2D eigenvalue weighted by Crippen LogP contribution is -1.98. The van der Waals surface area contributed by atoms with E-state index < -0.39 is 11.6 Å². The van der Waals surface area contributed by atoms with Crippen LogP contribution in [0.2, 0.25) is 0 Å². The van der Waals surface area contributed by atoms with Crippen molar-refractivity contribution in [3.8, 4) is 11.4 Å². The van der Waals surface area contributed by atoms with E-state index in [9.17, 15) is 8.78 Å². The van der Waals surface area contributed by atoms with Crippen molar-refractivity contribution in [1.82, 2.24) is 14.8 Å². The molecule has 0 saturated carbocycles. The van der Waals surface area contributed by atoms with Crippen molar-refractivity contribution in [1.29, 1.82) is 0 Å². The predicted molar refractivity (Wildman–Crippen MR) is 59.0 cm³/mol. The molecule has 0 fully saturated rings. The second kappa shape index (κ2) is 4.29. The molecule has 2 aromatic rings. The van der Waals surface area contributed by atoms with Gasteiger partial charge in [0.15, 0.2) is 5.82 Å². The first-order valence-electron chi connectivity index (χ1n) is 4.53. The van der Waals surface area contributed by atoms with Crippen LogP contribution in [0.1, 0.15) is 5.82 Å². The Morgan fingerprint density at radius 1 is 1.31 bits per heavy atom. The first-order chi connectivity index (χ1) is 7.63. The van der Waals surface area contributed by atoms with Gasteiger partial charge in [-0.15, -0.1) is 10.2 Å². The highest BCUT2D eigenvalue weighted by atomic mass is 79.9. The van der Waals surface area contributed by atoms with Gasteiger partial charge in [0.2, 0.25) is 0 Å². The maximum Gasteiger partial charge on any atom is 0.166 e. The smallest absolute Gasteiger partial charge is 0.166 e. The molecule has 0 N–H and O–H groups in total. The zero-order chi connectivity index (χ0) is 11.7. The number of halogens is 3. The maximum absolute atomic E-state index is 13.5. The molecule has 0 amide bonds. The molecule has 0 aliphatic carbocycles. The van der Waals surface area contributed by atoms with Gasteiger partial charge in [-0.3, -0.25) is 0 Å². The van der Waals surface area contributed by atoms with Crippen molar-refractivity contribution in [3.63, 3.8) is 0 Å². The van der Waals surface area contributed by atoms with Gasteiger partial charge in [-0.25, -0.2) is 8.78 Å². The zero-order valence-electron chi connectivity index (χ0n) is 8.41. The van der Waals surface area contributed by atoms with Gasteiger partial charge in [0.25, 0.3) is 0 Å². The van der Waals surface area contributed by atoms with Gasteiger partial charge < -0.3 is 4.57 Å². The molecular weight excluding hydrogens is 280 g/mol. The van der Waals surface area contributed by atoms with Crippen LogP contribution in [0.5, 0.6) is 0 Å². The van der Waals surface area contributed by atoms with Crippen LogP contribution in [-0.2, 0) is 12.4 Å². The number of hydrogen-bond acceptors (Lipinski definition) is 2. The molecule has 16 heavy (non-hydrogen) atoms. The fourth-order valence-corrected chi connectivity index (χ4v) is 1.87. The van der Waals surface area contributed by atoms with Gasteiger partial charge in [-0.05, 0) is 12.1 Å². The van der Waals surface area contributed by atoms with E-state index in [-0.39, 0.29) is 5.56 Å². The van der Waals surface area contributed by atoms with E-state index >= 15 is 0 Å². The average Bonchev–Trinajstić information content (AvgIpc) is 2.60. The highest BCUT2D eigenvalue weighted by Gasteiger charge is 2.14. The molecule has 1 aromatic heterocycles. The lowest BCUT2D eigenvalue weighted by molar-refractivity contribution is 0.584. The Balaban J connectivity index is 2.54. The van der Waals surface area contributed by atoms with Crippen LogP contribution in [0.25, 0.3) is 11.4 Å². The molecule has 0 aliphatic heterocycles. The molecular formula is C10H8BrF2N3. The quantitative estimate of drug-likeness (QED) is 0.795. The molecule has 1 aromatic carbocycles. The third-order valence-corrected chi connectivity index (χ3v) is 2.76. The standard InChI is InChI=1S/C10H8BrF2N3/c1-16-9(5-11)14-15-10(16)7-3-2-6(12)4-8(7)13/h2-4H,5H2,1H3. The summed E-state index contributed by atoms with van der Waals surface area (Å²) in [4.78, 5) is 0.